The normalized spacial score (nSPS) is 28.0. The van der Waals surface area contributed by atoms with Crippen molar-refractivity contribution in [2.75, 3.05) is 37.6 Å². The van der Waals surface area contributed by atoms with Crippen LogP contribution in [0, 0.1) is 16.7 Å². The Morgan fingerprint density at radius 2 is 1.81 bits per heavy atom. The van der Waals surface area contributed by atoms with E-state index >= 15 is 0 Å². The predicted octanol–water partition coefficient (Wildman–Crippen LogP) is 2.87. The minimum atomic E-state index is -0.897. The molecule has 0 aromatic carbocycles. The van der Waals surface area contributed by atoms with Gasteiger partial charge in [-0.05, 0) is 69.5 Å². The number of nitrogens with zero attached hydrogens (tertiary/aromatic N) is 3. The number of carbonyl (C=O) groups excluding carboxylic acids is 1. The summed E-state index contributed by atoms with van der Waals surface area (Å²) in [6, 6.07) is 3.88. The fraction of sp³-hybridized carbons (Fsp3) is 0.625. The van der Waals surface area contributed by atoms with Crippen molar-refractivity contribution < 1.29 is 19.1 Å². The van der Waals surface area contributed by atoms with Gasteiger partial charge in [0, 0.05) is 32.4 Å². The molecular weight excluding hydrogens is 408 g/mol. The number of furan rings is 1. The van der Waals surface area contributed by atoms with Crippen molar-refractivity contribution in [3.63, 3.8) is 0 Å². The van der Waals surface area contributed by atoms with Crippen LogP contribution in [0.2, 0.25) is 0 Å². The number of hydrogen-bond acceptors (Lipinski definition) is 6. The molecule has 5 rings (SSSR count). The van der Waals surface area contributed by atoms with Crippen LogP contribution in [0.1, 0.15) is 44.9 Å². The lowest BCUT2D eigenvalue weighted by Crippen LogP contribution is -2.50. The van der Waals surface area contributed by atoms with Gasteiger partial charge in [-0.2, -0.15) is 0 Å². The van der Waals surface area contributed by atoms with Gasteiger partial charge in [0.2, 0.25) is 5.91 Å². The molecule has 3 aliphatic rings. The molecule has 0 bridgehead atoms. The van der Waals surface area contributed by atoms with Crippen molar-refractivity contribution in [2.45, 2.75) is 44.9 Å². The molecule has 2 aromatic heterocycles. The Bertz CT molecular complexity index is 998. The summed E-state index contributed by atoms with van der Waals surface area (Å²) in [7, 11) is 0. The molecule has 0 spiro atoms. The predicted molar refractivity (Wildman–Crippen MR) is 120 cm³/mol. The monoisotopic (exact) mass is 440 g/mol. The van der Waals surface area contributed by atoms with Gasteiger partial charge in [-0.3, -0.25) is 14.5 Å². The summed E-state index contributed by atoms with van der Waals surface area (Å²) in [6.07, 6.45) is 8.80. The number of hydrogen-bond donors (Lipinski definition) is 2. The Morgan fingerprint density at radius 1 is 1.09 bits per heavy atom. The summed E-state index contributed by atoms with van der Waals surface area (Å²) in [5.74, 6) is 0.284. The van der Waals surface area contributed by atoms with Crippen LogP contribution in [0.15, 0.2) is 29.0 Å². The van der Waals surface area contributed by atoms with E-state index in [1.165, 1.54) is 0 Å². The lowest BCUT2D eigenvalue weighted by Gasteiger charge is -2.42. The molecule has 0 radical (unpaired) electrons. The molecule has 172 valence electrons. The zero-order valence-electron chi connectivity index (χ0n) is 18.5. The van der Waals surface area contributed by atoms with Crippen molar-refractivity contribution >= 4 is 28.7 Å². The third kappa shape index (κ3) is 3.45. The number of amides is 1. The van der Waals surface area contributed by atoms with E-state index in [4.69, 9.17) is 10.2 Å². The molecule has 8 heteroatoms. The van der Waals surface area contributed by atoms with Crippen molar-refractivity contribution in [2.24, 2.45) is 22.5 Å². The number of primary amides is 1. The zero-order chi connectivity index (χ0) is 22.3. The standard InChI is InChI=1S/C24H32N4O4/c25-21(29)23(24(8-9-24)22(30)31)6-1-17(2-7-23)4-11-27-12-14-28(15-13-27)20-18-5-16-32-19(18)3-10-26-20/h3,5,10,16-17H,1-2,4,6-9,11-15H2,(H2,25,29)(H,30,31). The second-order valence-electron chi connectivity index (χ2n) is 9.86. The average Bonchev–Trinajstić information content (AvgIpc) is 3.49. The van der Waals surface area contributed by atoms with Crippen molar-refractivity contribution in [1.82, 2.24) is 9.88 Å². The van der Waals surface area contributed by atoms with Crippen LogP contribution in [-0.4, -0.2) is 59.6 Å². The van der Waals surface area contributed by atoms with E-state index < -0.39 is 22.7 Å². The Hall–Kier alpha value is -2.61. The number of piperazine rings is 1. The highest BCUT2D eigenvalue weighted by Gasteiger charge is 2.67. The highest BCUT2D eigenvalue weighted by Crippen LogP contribution is 2.64. The van der Waals surface area contributed by atoms with Gasteiger partial charge in [-0.1, -0.05) is 0 Å². The number of fused-ring (bicyclic) bond motifs is 1. The molecule has 2 aliphatic carbocycles. The highest BCUT2D eigenvalue weighted by molar-refractivity contribution is 5.91. The van der Waals surface area contributed by atoms with E-state index in [-0.39, 0.29) is 0 Å². The average molecular weight is 441 g/mol. The number of anilines is 1. The molecule has 1 aliphatic heterocycles. The summed E-state index contributed by atoms with van der Waals surface area (Å²) in [4.78, 5) is 33.6. The smallest absolute Gasteiger partial charge is 0.310 e. The SMILES string of the molecule is NC(=O)C1(C2(C(=O)O)CC2)CCC(CCN2CCN(c3nccc4occc34)CC2)CC1. The number of aliphatic carboxylic acids is 1. The number of carbonyl (C=O) groups is 2. The van der Waals surface area contributed by atoms with Gasteiger partial charge in [0.05, 0.1) is 22.5 Å². The third-order valence-electron chi connectivity index (χ3n) is 8.39. The van der Waals surface area contributed by atoms with Crippen molar-refractivity contribution in [3.8, 4) is 0 Å². The van der Waals surface area contributed by atoms with Crippen LogP contribution in [0.3, 0.4) is 0 Å². The first-order valence-corrected chi connectivity index (χ1v) is 11.8. The molecule has 0 atom stereocenters. The van der Waals surface area contributed by atoms with E-state index in [2.05, 4.69) is 14.8 Å². The number of carboxylic acids is 1. The van der Waals surface area contributed by atoms with Gasteiger partial charge in [-0.15, -0.1) is 0 Å². The van der Waals surface area contributed by atoms with Crippen LogP contribution >= 0.6 is 0 Å². The van der Waals surface area contributed by atoms with Gasteiger partial charge in [0.25, 0.3) is 0 Å². The second kappa shape index (κ2) is 8.06. The number of pyridine rings is 1. The van der Waals surface area contributed by atoms with E-state index in [9.17, 15) is 14.7 Å². The van der Waals surface area contributed by atoms with E-state index in [0.29, 0.717) is 31.6 Å². The summed E-state index contributed by atoms with van der Waals surface area (Å²) in [5.41, 5.74) is 4.90. The first-order valence-electron chi connectivity index (χ1n) is 11.8. The fourth-order valence-electron chi connectivity index (χ4n) is 6.12. The van der Waals surface area contributed by atoms with Gasteiger partial charge >= 0.3 is 5.97 Å². The summed E-state index contributed by atoms with van der Waals surface area (Å²) < 4.78 is 5.50. The largest absolute Gasteiger partial charge is 0.481 e. The second-order valence-corrected chi connectivity index (χ2v) is 9.86. The number of aromatic nitrogens is 1. The van der Waals surface area contributed by atoms with Gasteiger partial charge in [0.15, 0.2) is 0 Å². The van der Waals surface area contributed by atoms with Gasteiger partial charge in [0.1, 0.15) is 11.4 Å². The van der Waals surface area contributed by atoms with Crippen molar-refractivity contribution in [3.05, 3.63) is 24.6 Å². The molecule has 8 nitrogen and oxygen atoms in total. The van der Waals surface area contributed by atoms with E-state index in [1.807, 2.05) is 12.1 Å². The lowest BCUT2D eigenvalue weighted by molar-refractivity contribution is -0.157. The van der Waals surface area contributed by atoms with Crippen LogP contribution in [0.4, 0.5) is 5.82 Å². The van der Waals surface area contributed by atoms with Gasteiger partial charge < -0.3 is 20.2 Å². The summed E-state index contributed by atoms with van der Waals surface area (Å²) >= 11 is 0. The Balaban J connectivity index is 1.12. The maximum Gasteiger partial charge on any atom is 0.310 e. The molecule has 3 fully saturated rings. The Labute approximate surface area is 187 Å². The molecule has 2 saturated carbocycles. The molecule has 3 N–H and O–H groups in total. The van der Waals surface area contributed by atoms with Gasteiger partial charge in [-0.25, -0.2) is 4.98 Å². The number of rotatable bonds is 7. The highest BCUT2D eigenvalue weighted by atomic mass is 16.4. The molecule has 2 aromatic rings. The molecule has 3 heterocycles. The van der Waals surface area contributed by atoms with E-state index in [0.717, 1.165) is 68.8 Å². The molecule has 1 amide bonds. The number of nitrogens with two attached hydrogens (primary N) is 1. The maximum atomic E-state index is 12.3. The number of carboxylic acid groups (broad SMARTS) is 1. The van der Waals surface area contributed by atoms with Crippen LogP contribution in [0.5, 0.6) is 0 Å². The molecular formula is C24H32N4O4. The Morgan fingerprint density at radius 3 is 2.44 bits per heavy atom. The third-order valence-corrected chi connectivity index (χ3v) is 8.39. The van der Waals surface area contributed by atoms with E-state index in [1.54, 1.807) is 12.5 Å². The molecule has 0 unspecified atom stereocenters. The maximum absolute atomic E-state index is 12.3. The quantitative estimate of drug-likeness (QED) is 0.681. The molecule has 1 saturated heterocycles. The summed E-state index contributed by atoms with van der Waals surface area (Å²) in [5, 5.41) is 10.8. The fourth-order valence-corrected chi connectivity index (χ4v) is 6.12. The van der Waals surface area contributed by atoms with Crippen LogP contribution in [-0.2, 0) is 9.59 Å². The zero-order valence-corrected chi connectivity index (χ0v) is 18.5. The first-order chi connectivity index (χ1) is 15.4. The molecule has 32 heavy (non-hydrogen) atoms. The minimum Gasteiger partial charge on any atom is -0.481 e. The summed E-state index contributed by atoms with van der Waals surface area (Å²) in [6.45, 7) is 4.91. The van der Waals surface area contributed by atoms with Crippen molar-refractivity contribution in [1.29, 1.82) is 0 Å². The lowest BCUT2D eigenvalue weighted by atomic mass is 9.60. The topological polar surface area (TPSA) is 113 Å². The van der Waals surface area contributed by atoms with Crippen LogP contribution in [0.25, 0.3) is 11.0 Å². The van der Waals surface area contributed by atoms with Crippen LogP contribution < -0.4 is 10.6 Å². The minimum absolute atomic E-state index is 0.409. The first kappa shape index (κ1) is 21.2. The Kier molecular flexibility index (Phi) is 5.35.